The molecule has 0 saturated carbocycles. The van der Waals surface area contributed by atoms with E-state index in [0.717, 1.165) is 21.2 Å². The topological polar surface area (TPSA) is 92.3 Å². The highest BCUT2D eigenvalue weighted by Crippen LogP contribution is 2.27. The summed E-state index contributed by atoms with van der Waals surface area (Å²) in [4.78, 5) is 20.6. The van der Waals surface area contributed by atoms with Gasteiger partial charge in [0, 0.05) is 12.6 Å². The van der Waals surface area contributed by atoms with Gasteiger partial charge in [0.1, 0.15) is 4.21 Å². The van der Waals surface area contributed by atoms with Gasteiger partial charge in [0.05, 0.1) is 29.0 Å². The summed E-state index contributed by atoms with van der Waals surface area (Å²) < 4.78 is 26.2. The third kappa shape index (κ3) is 4.69. The maximum absolute atomic E-state index is 12.4. The van der Waals surface area contributed by atoms with E-state index in [4.69, 9.17) is 11.6 Å². The number of anilines is 1. The van der Waals surface area contributed by atoms with E-state index in [-0.39, 0.29) is 10.8 Å². The number of amides is 1. The van der Waals surface area contributed by atoms with Crippen LogP contribution in [0.25, 0.3) is 11.4 Å². The zero-order chi connectivity index (χ0) is 19.4. The number of sulfonamides is 1. The van der Waals surface area contributed by atoms with Gasteiger partial charge in [-0.2, -0.15) is 4.31 Å². The maximum atomic E-state index is 12.4. The van der Waals surface area contributed by atoms with Crippen molar-refractivity contribution in [2.75, 3.05) is 18.9 Å². The summed E-state index contributed by atoms with van der Waals surface area (Å²) in [6, 6.07) is 12.3. The van der Waals surface area contributed by atoms with E-state index in [1.54, 1.807) is 0 Å². The first kappa shape index (κ1) is 19.4. The Morgan fingerprint density at radius 2 is 1.81 bits per heavy atom. The number of thiophene rings is 1. The molecule has 0 atom stereocenters. The number of hydrogen-bond acceptors (Lipinski definition) is 6. The number of nitrogens with one attached hydrogen (secondary N) is 1. The Hall–Kier alpha value is -2.33. The molecule has 1 amide bonds. The number of aromatic nitrogens is 2. The van der Waals surface area contributed by atoms with Gasteiger partial charge in [0.15, 0.2) is 5.82 Å². The second kappa shape index (κ2) is 8.13. The van der Waals surface area contributed by atoms with Gasteiger partial charge in [-0.25, -0.2) is 18.4 Å². The molecule has 1 aromatic carbocycles. The zero-order valence-electron chi connectivity index (χ0n) is 14.2. The Kier molecular flexibility index (Phi) is 5.85. The smallest absolute Gasteiger partial charge is 0.252 e. The maximum Gasteiger partial charge on any atom is 0.252 e. The lowest BCUT2D eigenvalue weighted by atomic mass is 10.2. The summed E-state index contributed by atoms with van der Waals surface area (Å²) in [5, 5.41) is 2.59. The molecule has 7 nitrogen and oxygen atoms in total. The molecule has 0 radical (unpaired) electrons. The fourth-order valence-electron chi connectivity index (χ4n) is 2.21. The molecule has 2 heterocycles. The van der Waals surface area contributed by atoms with Crippen LogP contribution < -0.4 is 5.32 Å². The molecule has 0 fully saturated rings. The molecule has 2 aromatic heterocycles. The molecule has 3 rings (SSSR count). The van der Waals surface area contributed by atoms with E-state index in [1.165, 1.54) is 31.6 Å². The second-order valence-corrected chi connectivity index (χ2v) is 9.52. The van der Waals surface area contributed by atoms with Crippen molar-refractivity contribution < 1.29 is 13.2 Å². The normalized spacial score (nSPS) is 11.5. The van der Waals surface area contributed by atoms with Crippen molar-refractivity contribution in [3.05, 3.63) is 59.2 Å². The van der Waals surface area contributed by atoms with E-state index >= 15 is 0 Å². The minimum atomic E-state index is -3.77. The molecule has 27 heavy (non-hydrogen) atoms. The van der Waals surface area contributed by atoms with Gasteiger partial charge in [-0.1, -0.05) is 41.9 Å². The largest absolute Gasteiger partial charge is 0.322 e. The number of likely N-dealkylation sites (N-methyl/N-ethyl adjacent to an activating group) is 1. The molecule has 1 N–H and O–H groups in total. The predicted molar refractivity (Wildman–Crippen MR) is 105 cm³/mol. The van der Waals surface area contributed by atoms with Crippen LogP contribution in [-0.4, -0.2) is 42.2 Å². The Morgan fingerprint density at radius 3 is 2.41 bits per heavy atom. The average molecular weight is 423 g/mol. The van der Waals surface area contributed by atoms with Gasteiger partial charge in [0.25, 0.3) is 10.0 Å². The van der Waals surface area contributed by atoms with Gasteiger partial charge in [-0.15, -0.1) is 11.3 Å². The van der Waals surface area contributed by atoms with Gasteiger partial charge >= 0.3 is 0 Å². The third-order valence-corrected chi connectivity index (χ3v) is 7.05. The molecule has 10 heteroatoms. The summed E-state index contributed by atoms with van der Waals surface area (Å²) >= 11 is 6.72. The van der Waals surface area contributed by atoms with Crippen molar-refractivity contribution in [2.24, 2.45) is 0 Å². The van der Waals surface area contributed by atoms with Crippen LogP contribution in [0.15, 0.2) is 59.1 Å². The van der Waals surface area contributed by atoms with Crippen molar-refractivity contribution in [2.45, 2.75) is 4.21 Å². The number of hydrogen-bond donors (Lipinski definition) is 1. The number of carbonyl (C=O) groups excluding carboxylic acids is 1. The number of rotatable bonds is 6. The highest BCUT2D eigenvalue weighted by molar-refractivity contribution is 7.91. The molecular formula is C17H15ClN4O3S2. The summed E-state index contributed by atoms with van der Waals surface area (Å²) in [6.07, 6.45) is 2.95. The SMILES string of the molecule is CN(CC(=O)Nc1cnc(-c2ccccc2)nc1)S(=O)(=O)c1ccc(Cl)s1. The fourth-order valence-corrected chi connectivity index (χ4v) is 5.03. The predicted octanol–water partition coefficient (Wildman–Crippen LogP) is 3.12. The fraction of sp³-hybridized carbons (Fsp3) is 0.118. The highest BCUT2D eigenvalue weighted by atomic mass is 35.5. The summed E-state index contributed by atoms with van der Waals surface area (Å²) in [5.41, 5.74) is 1.24. The molecule has 3 aromatic rings. The van der Waals surface area contributed by atoms with E-state index in [0.29, 0.717) is 15.8 Å². The van der Waals surface area contributed by atoms with E-state index in [2.05, 4.69) is 15.3 Å². The van der Waals surface area contributed by atoms with Crippen molar-refractivity contribution in [1.82, 2.24) is 14.3 Å². The van der Waals surface area contributed by atoms with E-state index in [9.17, 15) is 13.2 Å². The summed E-state index contributed by atoms with van der Waals surface area (Å²) in [7, 11) is -2.44. The summed E-state index contributed by atoms with van der Waals surface area (Å²) in [6.45, 7) is -0.349. The zero-order valence-corrected chi connectivity index (χ0v) is 16.6. The van der Waals surface area contributed by atoms with Crippen LogP contribution in [0, 0.1) is 0 Å². The van der Waals surface area contributed by atoms with Crippen molar-refractivity contribution in [3.63, 3.8) is 0 Å². The standard InChI is InChI=1S/C17H15ClN4O3S2/c1-22(27(24,25)16-8-7-14(18)26-16)11-15(23)21-13-9-19-17(20-10-13)12-5-3-2-4-6-12/h2-10H,11H2,1H3,(H,21,23). The Bertz CT molecular complexity index is 1040. The number of carbonyl (C=O) groups is 1. The minimum Gasteiger partial charge on any atom is -0.322 e. The Morgan fingerprint density at radius 1 is 1.15 bits per heavy atom. The lowest BCUT2D eigenvalue weighted by Crippen LogP contribution is -2.34. The van der Waals surface area contributed by atoms with E-state index in [1.807, 2.05) is 30.3 Å². The highest BCUT2D eigenvalue weighted by Gasteiger charge is 2.24. The second-order valence-electron chi connectivity index (χ2n) is 5.53. The average Bonchev–Trinajstić information content (AvgIpc) is 3.10. The lowest BCUT2D eigenvalue weighted by molar-refractivity contribution is -0.116. The number of nitrogens with zero attached hydrogens (tertiary/aromatic N) is 3. The Balaban J connectivity index is 1.64. The molecule has 0 aliphatic carbocycles. The van der Waals surface area contributed by atoms with Crippen LogP contribution in [0.3, 0.4) is 0 Å². The minimum absolute atomic E-state index is 0.0818. The van der Waals surface area contributed by atoms with Crippen LogP contribution in [0.1, 0.15) is 0 Å². The quantitative estimate of drug-likeness (QED) is 0.658. The van der Waals surface area contributed by atoms with Crippen LogP contribution >= 0.6 is 22.9 Å². The first-order chi connectivity index (χ1) is 12.9. The first-order valence-electron chi connectivity index (χ1n) is 7.75. The van der Waals surface area contributed by atoms with Crippen LogP contribution in [-0.2, 0) is 14.8 Å². The number of benzene rings is 1. The first-order valence-corrected chi connectivity index (χ1v) is 10.4. The molecule has 140 valence electrons. The molecule has 0 aliphatic rings. The van der Waals surface area contributed by atoms with E-state index < -0.39 is 15.9 Å². The van der Waals surface area contributed by atoms with Crippen molar-refractivity contribution >= 4 is 44.6 Å². The number of halogens is 1. The molecule has 0 bridgehead atoms. The monoisotopic (exact) mass is 422 g/mol. The molecule has 0 aliphatic heterocycles. The van der Waals surface area contributed by atoms with Gasteiger partial charge in [0.2, 0.25) is 5.91 Å². The molecule has 0 saturated heterocycles. The molecule has 0 spiro atoms. The third-order valence-electron chi connectivity index (χ3n) is 3.55. The van der Waals surface area contributed by atoms with Crippen LogP contribution in [0.5, 0.6) is 0 Å². The van der Waals surface area contributed by atoms with Crippen LogP contribution in [0.2, 0.25) is 4.34 Å². The van der Waals surface area contributed by atoms with Crippen LogP contribution in [0.4, 0.5) is 5.69 Å². The van der Waals surface area contributed by atoms with Crippen molar-refractivity contribution in [1.29, 1.82) is 0 Å². The Labute approximate surface area is 165 Å². The summed E-state index contributed by atoms with van der Waals surface area (Å²) in [5.74, 6) is 0.0302. The van der Waals surface area contributed by atoms with Crippen molar-refractivity contribution in [3.8, 4) is 11.4 Å². The molecular weight excluding hydrogens is 408 g/mol. The van der Waals surface area contributed by atoms with Gasteiger partial charge < -0.3 is 5.32 Å². The van der Waals surface area contributed by atoms with Gasteiger partial charge in [-0.3, -0.25) is 4.79 Å². The van der Waals surface area contributed by atoms with Gasteiger partial charge in [-0.05, 0) is 12.1 Å². The lowest BCUT2D eigenvalue weighted by Gasteiger charge is -2.15. The molecule has 0 unspecified atom stereocenters.